The fraction of sp³-hybridized carbons (Fsp3) is 0.300. The molecule has 0 atom stereocenters. The summed E-state index contributed by atoms with van der Waals surface area (Å²) in [6.45, 7) is 8.07. The Morgan fingerprint density at radius 3 is 2.54 bits per heavy atom. The molecule has 1 aromatic carbocycles. The fourth-order valence-corrected chi connectivity index (χ4v) is 4.72. The van der Waals surface area contributed by atoms with Gasteiger partial charge in [-0.25, -0.2) is 14.8 Å². The number of nitrogens with zero attached hydrogens (tertiary/aromatic N) is 2. The van der Waals surface area contributed by atoms with Crippen molar-refractivity contribution in [3.05, 3.63) is 46.1 Å². The number of ether oxygens (including phenoxy) is 1. The Morgan fingerprint density at radius 1 is 1.14 bits per heavy atom. The van der Waals surface area contributed by atoms with Crippen LogP contribution in [0.3, 0.4) is 0 Å². The van der Waals surface area contributed by atoms with Crippen LogP contribution in [0.1, 0.15) is 33.5 Å². The number of anilines is 1. The van der Waals surface area contributed by atoms with Crippen LogP contribution in [-0.4, -0.2) is 34.2 Å². The third-order valence-electron chi connectivity index (χ3n) is 4.13. The summed E-state index contributed by atoms with van der Waals surface area (Å²) in [5.41, 5.74) is 2.25. The van der Waals surface area contributed by atoms with Crippen LogP contribution in [0.25, 0.3) is 10.2 Å². The molecule has 0 aliphatic carbocycles. The molecule has 0 unspecified atom stereocenters. The Kier molecular flexibility index (Phi) is 6.31. The third kappa shape index (κ3) is 4.51. The quantitative estimate of drug-likeness (QED) is 0.362. The van der Waals surface area contributed by atoms with Gasteiger partial charge in [0.25, 0.3) is 0 Å². The monoisotopic (exact) mass is 415 g/mol. The number of nitrogens with one attached hydrogen (secondary N) is 1. The van der Waals surface area contributed by atoms with E-state index in [0.29, 0.717) is 23.7 Å². The van der Waals surface area contributed by atoms with Crippen molar-refractivity contribution in [1.82, 2.24) is 9.97 Å². The van der Waals surface area contributed by atoms with E-state index in [9.17, 15) is 9.59 Å². The van der Waals surface area contributed by atoms with Crippen LogP contribution >= 0.6 is 23.1 Å². The summed E-state index contributed by atoms with van der Waals surface area (Å²) >= 11 is 3.05. The number of esters is 1. The molecule has 2 aromatic heterocycles. The molecule has 6 nitrogen and oxygen atoms in total. The molecule has 8 heteroatoms. The molecule has 0 radical (unpaired) electrons. The maximum atomic E-state index is 12.4. The smallest absolute Gasteiger partial charge is 0.338 e. The zero-order valence-corrected chi connectivity index (χ0v) is 17.8. The fourth-order valence-electron chi connectivity index (χ4n) is 2.65. The Labute approximate surface area is 171 Å². The van der Waals surface area contributed by atoms with Gasteiger partial charge in [-0.3, -0.25) is 4.79 Å². The van der Waals surface area contributed by atoms with Crippen molar-refractivity contribution in [2.75, 3.05) is 17.7 Å². The highest BCUT2D eigenvalue weighted by molar-refractivity contribution is 8.00. The van der Waals surface area contributed by atoms with Crippen LogP contribution in [-0.2, 0) is 9.53 Å². The summed E-state index contributed by atoms with van der Waals surface area (Å²) in [5.74, 6) is 0.425. The minimum absolute atomic E-state index is 0.136. The molecule has 0 saturated carbocycles. The van der Waals surface area contributed by atoms with E-state index in [2.05, 4.69) is 29.1 Å². The first-order valence-corrected chi connectivity index (χ1v) is 10.6. The largest absolute Gasteiger partial charge is 0.462 e. The molecule has 0 aliphatic heterocycles. The van der Waals surface area contributed by atoms with Crippen molar-refractivity contribution in [3.8, 4) is 0 Å². The van der Waals surface area contributed by atoms with Gasteiger partial charge in [0.15, 0.2) is 0 Å². The normalized spacial score (nSPS) is 10.9. The van der Waals surface area contributed by atoms with Crippen LogP contribution in [0.2, 0.25) is 0 Å². The van der Waals surface area contributed by atoms with Crippen LogP contribution < -0.4 is 5.32 Å². The lowest BCUT2D eigenvalue weighted by Crippen LogP contribution is -2.14. The minimum Gasteiger partial charge on any atom is -0.462 e. The number of carbonyl (C=O) groups is 2. The summed E-state index contributed by atoms with van der Waals surface area (Å²) in [4.78, 5) is 35.2. The summed E-state index contributed by atoms with van der Waals surface area (Å²) in [5, 5.41) is 4.70. The van der Waals surface area contributed by atoms with Gasteiger partial charge in [0.05, 0.1) is 17.9 Å². The zero-order valence-electron chi connectivity index (χ0n) is 16.2. The molecule has 0 aliphatic rings. The second-order valence-corrected chi connectivity index (χ2v) is 8.34. The molecule has 146 valence electrons. The van der Waals surface area contributed by atoms with Crippen molar-refractivity contribution in [2.45, 2.75) is 32.7 Å². The maximum Gasteiger partial charge on any atom is 0.338 e. The number of thioether (sulfide) groups is 1. The van der Waals surface area contributed by atoms with Gasteiger partial charge in [-0.05, 0) is 57.5 Å². The highest BCUT2D eigenvalue weighted by Gasteiger charge is 2.15. The highest BCUT2D eigenvalue weighted by Crippen LogP contribution is 2.35. The average molecular weight is 416 g/mol. The summed E-state index contributed by atoms with van der Waals surface area (Å²) in [7, 11) is 0. The molecule has 0 bridgehead atoms. The average Bonchev–Trinajstić information content (AvgIpc) is 2.94. The van der Waals surface area contributed by atoms with E-state index in [1.807, 2.05) is 6.92 Å². The van der Waals surface area contributed by atoms with Crippen LogP contribution in [0.4, 0.5) is 5.69 Å². The molecule has 1 amide bonds. The van der Waals surface area contributed by atoms with Crippen molar-refractivity contribution in [2.24, 2.45) is 0 Å². The predicted octanol–water partition coefficient (Wildman–Crippen LogP) is 4.52. The number of carbonyl (C=O) groups excluding carboxylic acids is 2. The number of thiophene rings is 1. The number of aromatic nitrogens is 2. The van der Waals surface area contributed by atoms with E-state index < -0.39 is 0 Å². The zero-order chi connectivity index (χ0) is 20.3. The summed E-state index contributed by atoms with van der Waals surface area (Å²) in [6, 6.07) is 6.65. The van der Waals surface area contributed by atoms with E-state index >= 15 is 0 Å². The van der Waals surface area contributed by atoms with Gasteiger partial charge in [-0.2, -0.15) is 0 Å². The van der Waals surface area contributed by atoms with Crippen LogP contribution in [0.5, 0.6) is 0 Å². The number of benzene rings is 1. The molecular formula is C20H21N3O3S2. The summed E-state index contributed by atoms with van der Waals surface area (Å²) < 4.78 is 4.95. The lowest BCUT2D eigenvalue weighted by Gasteiger charge is -2.07. The van der Waals surface area contributed by atoms with Gasteiger partial charge in [0, 0.05) is 16.0 Å². The van der Waals surface area contributed by atoms with Gasteiger partial charge in [0.2, 0.25) is 5.91 Å². The molecule has 2 heterocycles. The Balaban J connectivity index is 1.66. The van der Waals surface area contributed by atoms with Gasteiger partial charge in [-0.15, -0.1) is 11.3 Å². The molecule has 1 N–H and O–H groups in total. The van der Waals surface area contributed by atoms with Crippen molar-refractivity contribution in [1.29, 1.82) is 0 Å². The van der Waals surface area contributed by atoms with Crippen molar-refractivity contribution >= 4 is 50.9 Å². The lowest BCUT2D eigenvalue weighted by molar-refractivity contribution is -0.113. The summed E-state index contributed by atoms with van der Waals surface area (Å²) in [6.07, 6.45) is 0. The second kappa shape index (κ2) is 8.70. The number of aryl methyl sites for hydroxylation is 3. The molecule has 28 heavy (non-hydrogen) atoms. The first-order valence-electron chi connectivity index (χ1n) is 8.83. The second-order valence-electron chi connectivity index (χ2n) is 6.17. The van der Waals surface area contributed by atoms with E-state index in [1.54, 1.807) is 42.5 Å². The number of amides is 1. The molecule has 3 aromatic rings. The highest BCUT2D eigenvalue weighted by atomic mass is 32.2. The first-order chi connectivity index (χ1) is 13.4. The van der Waals surface area contributed by atoms with Crippen molar-refractivity contribution < 1.29 is 14.3 Å². The van der Waals surface area contributed by atoms with E-state index in [-0.39, 0.29) is 17.6 Å². The maximum absolute atomic E-state index is 12.4. The Bertz CT molecular complexity index is 1030. The van der Waals surface area contributed by atoms with Gasteiger partial charge >= 0.3 is 5.97 Å². The number of hydrogen-bond acceptors (Lipinski definition) is 7. The van der Waals surface area contributed by atoms with Crippen LogP contribution in [0, 0.1) is 20.8 Å². The van der Waals surface area contributed by atoms with Crippen LogP contribution in [0.15, 0.2) is 29.3 Å². The minimum atomic E-state index is -0.375. The first kappa shape index (κ1) is 20.3. The van der Waals surface area contributed by atoms with Crippen molar-refractivity contribution in [3.63, 3.8) is 0 Å². The SMILES string of the molecule is CCOC(=O)c1ccc(NC(=O)CSc2nc(C)nc3sc(C)c(C)c23)cc1. The predicted molar refractivity (Wildman–Crippen MR) is 113 cm³/mol. The number of rotatable bonds is 6. The lowest BCUT2D eigenvalue weighted by atomic mass is 10.2. The van der Waals surface area contributed by atoms with Gasteiger partial charge in [0.1, 0.15) is 15.7 Å². The van der Waals surface area contributed by atoms with Gasteiger partial charge < -0.3 is 10.1 Å². The standard InChI is InChI=1S/C20H21N3O3S2/c1-5-26-20(25)14-6-8-15(9-7-14)23-16(24)10-27-18-17-11(2)12(3)28-19(17)22-13(4)21-18/h6-9H,5,10H2,1-4H3,(H,23,24). The van der Waals surface area contributed by atoms with E-state index in [0.717, 1.165) is 20.8 Å². The number of hydrogen-bond donors (Lipinski definition) is 1. The third-order valence-corrected chi connectivity index (χ3v) is 6.20. The van der Waals surface area contributed by atoms with Gasteiger partial charge in [-0.1, -0.05) is 11.8 Å². The van der Waals surface area contributed by atoms with E-state index in [1.165, 1.54) is 16.6 Å². The topological polar surface area (TPSA) is 81.2 Å². The Hall–Kier alpha value is -2.45. The number of fused-ring (bicyclic) bond motifs is 1. The molecule has 0 spiro atoms. The Morgan fingerprint density at radius 2 is 1.86 bits per heavy atom. The molecule has 0 saturated heterocycles. The van der Waals surface area contributed by atoms with E-state index in [4.69, 9.17) is 4.74 Å². The molecular weight excluding hydrogens is 394 g/mol. The molecule has 3 rings (SSSR count). The molecule has 0 fully saturated rings.